The Balaban J connectivity index is 2.33. The van der Waals surface area contributed by atoms with Gasteiger partial charge < -0.3 is 9.73 Å². The summed E-state index contributed by atoms with van der Waals surface area (Å²) in [5, 5.41) is 2.91. The highest BCUT2D eigenvalue weighted by atomic mass is 16.3. The summed E-state index contributed by atoms with van der Waals surface area (Å²) in [4.78, 5) is 4.29. The Labute approximate surface area is 77.2 Å². The summed E-state index contributed by atoms with van der Waals surface area (Å²) < 4.78 is 5.44. The monoisotopic (exact) mass is 176 g/mol. The van der Waals surface area contributed by atoms with E-state index in [2.05, 4.69) is 10.3 Å². The maximum atomic E-state index is 5.44. The summed E-state index contributed by atoms with van der Waals surface area (Å²) >= 11 is 0. The van der Waals surface area contributed by atoms with E-state index in [-0.39, 0.29) is 6.04 Å². The minimum atomic E-state index is 0.110. The van der Waals surface area contributed by atoms with Crippen molar-refractivity contribution in [3.63, 3.8) is 0 Å². The second-order valence-corrected chi connectivity index (χ2v) is 3.12. The van der Waals surface area contributed by atoms with Crippen LogP contribution in [0.1, 0.15) is 23.1 Å². The lowest BCUT2D eigenvalue weighted by atomic mass is 10.1. The molecule has 1 aliphatic rings. The second-order valence-electron chi connectivity index (χ2n) is 3.12. The van der Waals surface area contributed by atoms with Gasteiger partial charge in [0.1, 0.15) is 11.5 Å². The van der Waals surface area contributed by atoms with Crippen LogP contribution in [0.25, 0.3) is 0 Å². The topological polar surface area (TPSA) is 37.5 Å². The van der Waals surface area contributed by atoms with Gasteiger partial charge in [0, 0.05) is 11.8 Å². The SMILES string of the molecule is Cc1cc(C2C=CNC=N2)c(C)o1. The minimum Gasteiger partial charge on any atom is -0.466 e. The van der Waals surface area contributed by atoms with Crippen molar-refractivity contribution in [1.82, 2.24) is 5.32 Å². The summed E-state index contributed by atoms with van der Waals surface area (Å²) in [6.07, 6.45) is 5.60. The van der Waals surface area contributed by atoms with E-state index in [1.165, 1.54) is 0 Å². The molecule has 0 fully saturated rings. The molecule has 0 spiro atoms. The molecule has 1 aromatic rings. The molecule has 1 N–H and O–H groups in total. The third-order valence-corrected chi connectivity index (χ3v) is 2.08. The van der Waals surface area contributed by atoms with Gasteiger partial charge in [0.05, 0.1) is 12.4 Å². The summed E-state index contributed by atoms with van der Waals surface area (Å²) in [6.45, 7) is 3.92. The van der Waals surface area contributed by atoms with Crippen molar-refractivity contribution < 1.29 is 4.42 Å². The molecule has 0 bridgehead atoms. The highest BCUT2D eigenvalue weighted by Crippen LogP contribution is 2.25. The fourth-order valence-corrected chi connectivity index (χ4v) is 1.49. The van der Waals surface area contributed by atoms with Crippen LogP contribution < -0.4 is 5.32 Å². The van der Waals surface area contributed by atoms with Crippen molar-refractivity contribution in [2.75, 3.05) is 0 Å². The summed E-state index contributed by atoms with van der Waals surface area (Å²) in [6, 6.07) is 2.14. The molecule has 1 aromatic heterocycles. The van der Waals surface area contributed by atoms with Crippen molar-refractivity contribution in [2.24, 2.45) is 4.99 Å². The summed E-state index contributed by atoms with van der Waals surface area (Å²) in [5.74, 6) is 1.89. The Hall–Kier alpha value is -1.51. The molecule has 0 aliphatic carbocycles. The quantitative estimate of drug-likeness (QED) is 0.711. The van der Waals surface area contributed by atoms with Gasteiger partial charge >= 0.3 is 0 Å². The van der Waals surface area contributed by atoms with Crippen molar-refractivity contribution in [3.8, 4) is 0 Å². The van der Waals surface area contributed by atoms with E-state index in [0.717, 1.165) is 17.1 Å². The average Bonchev–Trinajstić information content (AvgIpc) is 2.47. The maximum absolute atomic E-state index is 5.44. The molecule has 0 aromatic carbocycles. The highest BCUT2D eigenvalue weighted by molar-refractivity contribution is 5.58. The van der Waals surface area contributed by atoms with Gasteiger partial charge in [0.2, 0.25) is 0 Å². The number of nitrogens with zero attached hydrogens (tertiary/aromatic N) is 1. The normalized spacial score (nSPS) is 20.3. The first-order chi connectivity index (χ1) is 6.27. The Morgan fingerprint density at radius 2 is 2.31 bits per heavy atom. The number of nitrogens with one attached hydrogen (secondary N) is 1. The average molecular weight is 176 g/mol. The van der Waals surface area contributed by atoms with Crippen LogP contribution in [-0.2, 0) is 0 Å². The Morgan fingerprint density at radius 3 is 2.85 bits per heavy atom. The summed E-state index contributed by atoms with van der Waals surface area (Å²) in [7, 11) is 0. The molecule has 3 heteroatoms. The van der Waals surface area contributed by atoms with Crippen LogP contribution >= 0.6 is 0 Å². The molecule has 1 unspecified atom stereocenters. The van der Waals surface area contributed by atoms with Crippen molar-refractivity contribution in [3.05, 3.63) is 35.4 Å². The van der Waals surface area contributed by atoms with Crippen LogP contribution in [-0.4, -0.2) is 6.34 Å². The molecular formula is C10H12N2O. The van der Waals surface area contributed by atoms with Gasteiger partial charge in [-0.1, -0.05) is 0 Å². The van der Waals surface area contributed by atoms with E-state index in [1.54, 1.807) is 6.34 Å². The van der Waals surface area contributed by atoms with Crippen molar-refractivity contribution in [1.29, 1.82) is 0 Å². The largest absolute Gasteiger partial charge is 0.466 e. The first-order valence-corrected chi connectivity index (χ1v) is 4.28. The number of rotatable bonds is 1. The molecule has 1 aliphatic heterocycles. The van der Waals surface area contributed by atoms with Gasteiger partial charge in [-0.2, -0.15) is 0 Å². The molecule has 2 heterocycles. The maximum Gasteiger partial charge on any atom is 0.106 e. The molecule has 0 amide bonds. The Morgan fingerprint density at radius 1 is 1.46 bits per heavy atom. The predicted octanol–water partition coefficient (Wildman–Crippen LogP) is 2.08. The standard InChI is InChI=1S/C10H12N2O/c1-7-5-9(8(2)13-7)10-3-4-11-6-12-10/h3-6,10H,1-2H3,(H,11,12). The fraction of sp³-hybridized carbons (Fsp3) is 0.300. The third-order valence-electron chi connectivity index (χ3n) is 2.08. The first-order valence-electron chi connectivity index (χ1n) is 4.28. The third kappa shape index (κ3) is 1.49. The molecular weight excluding hydrogens is 164 g/mol. The van der Waals surface area contributed by atoms with Crippen LogP contribution in [0.15, 0.2) is 27.8 Å². The molecule has 0 radical (unpaired) electrons. The zero-order chi connectivity index (χ0) is 9.26. The number of aliphatic imine (C=N–C) groups is 1. The lowest BCUT2D eigenvalue weighted by Gasteiger charge is -2.09. The van der Waals surface area contributed by atoms with Gasteiger partial charge in [-0.3, -0.25) is 4.99 Å². The van der Waals surface area contributed by atoms with Gasteiger partial charge in [-0.15, -0.1) is 0 Å². The molecule has 1 atom stereocenters. The second kappa shape index (κ2) is 3.09. The van der Waals surface area contributed by atoms with E-state index in [1.807, 2.05) is 32.2 Å². The fourth-order valence-electron chi connectivity index (χ4n) is 1.49. The van der Waals surface area contributed by atoms with E-state index >= 15 is 0 Å². The highest BCUT2D eigenvalue weighted by Gasteiger charge is 2.13. The molecule has 3 nitrogen and oxygen atoms in total. The zero-order valence-corrected chi connectivity index (χ0v) is 7.74. The number of furan rings is 1. The number of hydrogen-bond acceptors (Lipinski definition) is 3. The molecule has 0 saturated heterocycles. The molecule has 0 saturated carbocycles. The van der Waals surface area contributed by atoms with Crippen LogP contribution in [0.4, 0.5) is 0 Å². The molecule has 68 valence electrons. The lowest BCUT2D eigenvalue weighted by molar-refractivity contribution is 0.500. The Bertz CT molecular complexity index is 351. The van der Waals surface area contributed by atoms with Gasteiger partial charge in [-0.05, 0) is 26.0 Å². The molecule has 13 heavy (non-hydrogen) atoms. The number of aryl methyl sites for hydroxylation is 2. The Kier molecular flexibility index (Phi) is 1.93. The van der Waals surface area contributed by atoms with Crippen LogP contribution in [0.2, 0.25) is 0 Å². The molecule has 2 rings (SSSR count). The van der Waals surface area contributed by atoms with E-state index in [0.29, 0.717) is 0 Å². The zero-order valence-electron chi connectivity index (χ0n) is 7.74. The minimum absolute atomic E-state index is 0.110. The lowest BCUT2D eigenvalue weighted by Crippen LogP contribution is -2.08. The van der Waals surface area contributed by atoms with Gasteiger partial charge in [0.25, 0.3) is 0 Å². The smallest absolute Gasteiger partial charge is 0.106 e. The van der Waals surface area contributed by atoms with E-state index in [9.17, 15) is 0 Å². The number of hydrogen-bond donors (Lipinski definition) is 1. The van der Waals surface area contributed by atoms with Crippen LogP contribution in [0, 0.1) is 13.8 Å². The van der Waals surface area contributed by atoms with Gasteiger partial charge in [0.15, 0.2) is 0 Å². The summed E-state index contributed by atoms with van der Waals surface area (Å²) in [5.41, 5.74) is 1.14. The van der Waals surface area contributed by atoms with Crippen molar-refractivity contribution >= 4 is 6.34 Å². The van der Waals surface area contributed by atoms with Crippen molar-refractivity contribution in [2.45, 2.75) is 19.9 Å². The van der Waals surface area contributed by atoms with E-state index < -0.39 is 0 Å². The van der Waals surface area contributed by atoms with Crippen LogP contribution in [0.3, 0.4) is 0 Å². The van der Waals surface area contributed by atoms with Crippen LogP contribution in [0.5, 0.6) is 0 Å². The van der Waals surface area contributed by atoms with E-state index in [4.69, 9.17) is 4.42 Å². The first kappa shape index (κ1) is 8.10. The van der Waals surface area contributed by atoms with Gasteiger partial charge in [-0.25, -0.2) is 0 Å². The predicted molar refractivity (Wildman–Crippen MR) is 51.7 cm³/mol.